The van der Waals surface area contributed by atoms with E-state index in [4.69, 9.17) is 23.2 Å². The summed E-state index contributed by atoms with van der Waals surface area (Å²) in [4.78, 5) is 3.95. The maximum absolute atomic E-state index is 13.1. The van der Waals surface area contributed by atoms with Gasteiger partial charge in [0.1, 0.15) is 5.82 Å². The average Bonchev–Trinajstić information content (AvgIpc) is 2.37. The van der Waals surface area contributed by atoms with E-state index in [-0.39, 0.29) is 5.82 Å². The summed E-state index contributed by atoms with van der Waals surface area (Å²) in [5.74, 6) is -0.341. The van der Waals surface area contributed by atoms with E-state index < -0.39 is 5.54 Å². The fourth-order valence-corrected chi connectivity index (χ4v) is 2.54. The van der Waals surface area contributed by atoms with Crippen LogP contribution >= 0.6 is 23.2 Å². The number of nitrogens with one attached hydrogen (secondary N) is 1. The summed E-state index contributed by atoms with van der Waals surface area (Å²) >= 11 is 12.2. The Hall–Kier alpha value is -1.16. The van der Waals surface area contributed by atoms with Crippen molar-refractivity contribution in [2.75, 3.05) is 0 Å². The third kappa shape index (κ3) is 3.48. The predicted molar refractivity (Wildman–Crippen MR) is 80.5 cm³/mol. The molecule has 0 fully saturated rings. The van der Waals surface area contributed by atoms with Gasteiger partial charge >= 0.3 is 0 Å². The van der Waals surface area contributed by atoms with Crippen molar-refractivity contribution in [2.45, 2.75) is 25.9 Å². The van der Waals surface area contributed by atoms with Crippen LogP contribution in [0.3, 0.4) is 0 Å². The van der Waals surface area contributed by atoms with E-state index in [2.05, 4.69) is 10.3 Å². The van der Waals surface area contributed by atoms with Crippen molar-refractivity contribution in [2.24, 2.45) is 0 Å². The maximum atomic E-state index is 13.1. The minimum Gasteiger partial charge on any atom is -0.304 e. The van der Waals surface area contributed by atoms with Gasteiger partial charge in [-0.05, 0) is 43.2 Å². The largest absolute Gasteiger partial charge is 0.304 e. The normalized spacial score (nSPS) is 11.7. The predicted octanol–water partition coefficient (Wildman–Crippen LogP) is 4.55. The van der Waals surface area contributed by atoms with Crippen LogP contribution in [0.5, 0.6) is 0 Å². The van der Waals surface area contributed by atoms with Crippen LogP contribution in [0.2, 0.25) is 10.0 Å². The van der Waals surface area contributed by atoms with Gasteiger partial charge in [0.25, 0.3) is 0 Å². The van der Waals surface area contributed by atoms with Crippen LogP contribution in [0, 0.1) is 5.82 Å². The molecule has 1 aromatic heterocycles. The lowest BCUT2D eigenvalue weighted by atomic mass is 9.94. The van der Waals surface area contributed by atoms with E-state index in [9.17, 15) is 4.39 Å². The first-order valence-corrected chi connectivity index (χ1v) is 6.95. The quantitative estimate of drug-likeness (QED) is 0.895. The molecule has 0 saturated carbocycles. The third-order valence-electron chi connectivity index (χ3n) is 3.18. The van der Waals surface area contributed by atoms with Gasteiger partial charge in [0.2, 0.25) is 0 Å². The molecule has 0 radical (unpaired) electrons. The fraction of sp³-hybridized carbons (Fsp3) is 0.267. The summed E-state index contributed by atoms with van der Waals surface area (Å²) in [7, 11) is 0. The van der Waals surface area contributed by atoms with Gasteiger partial charge in [0.15, 0.2) is 0 Å². The van der Waals surface area contributed by atoms with Crippen LogP contribution < -0.4 is 5.32 Å². The first kappa shape index (κ1) is 15.2. The van der Waals surface area contributed by atoms with Crippen molar-refractivity contribution in [3.05, 3.63) is 63.6 Å². The van der Waals surface area contributed by atoms with Crippen molar-refractivity contribution in [3.8, 4) is 0 Å². The summed E-state index contributed by atoms with van der Waals surface area (Å²) in [6.45, 7) is 4.55. The number of pyridine rings is 1. The van der Waals surface area contributed by atoms with Crippen molar-refractivity contribution in [3.63, 3.8) is 0 Å². The number of halogens is 3. The molecule has 1 N–H and O–H groups in total. The Morgan fingerprint density at radius 1 is 1.20 bits per heavy atom. The third-order valence-corrected chi connectivity index (χ3v) is 3.83. The summed E-state index contributed by atoms with van der Waals surface area (Å²) in [6, 6.07) is 6.28. The Balaban J connectivity index is 2.17. The first-order chi connectivity index (χ1) is 9.40. The second kappa shape index (κ2) is 6.08. The van der Waals surface area contributed by atoms with Crippen molar-refractivity contribution in [1.29, 1.82) is 0 Å². The molecule has 20 heavy (non-hydrogen) atoms. The standard InChI is InChI=1S/C15H15Cl2FN2/c1-15(2,12-4-3-11(18)7-13(12)16)20-8-10-5-6-19-9-14(10)17/h3-7,9,20H,8H2,1-2H3. The van der Waals surface area contributed by atoms with E-state index in [1.54, 1.807) is 18.5 Å². The van der Waals surface area contributed by atoms with Gasteiger partial charge in [-0.25, -0.2) is 4.39 Å². The topological polar surface area (TPSA) is 24.9 Å². The van der Waals surface area contributed by atoms with Crippen LogP contribution in [-0.2, 0) is 12.1 Å². The van der Waals surface area contributed by atoms with E-state index in [1.165, 1.54) is 12.1 Å². The van der Waals surface area contributed by atoms with Crippen molar-refractivity contribution >= 4 is 23.2 Å². The summed E-state index contributed by atoms with van der Waals surface area (Å²) in [6.07, 6.45) is 3.30. The molecular weight excluding hydrogens is 298 g/mol. The molecular formula is C15H15Cl2FN2. The molecule has 0 amide bonds. The number of aromatic nitrogens is 1. The SMILES string of the molecule is CC(C)(NCc1ccncc1Cl)c1ccc(F)cc1Cl. The van der Waals surface area contributed by atoms with Crippen LogP contribution in [0.25, 0.3) is 0 Å². The molecule has 0 atom stereocenters. The van der Waals surface area contributed by atoms with E-state index in [0.29, 0.717) is 16.6 Å². The molecule has 1 heterocycles. The van der Waals surface area contributed by atoms with Crippen LogP contribution in [0.4, 0.5) is 4.39 Å². The highest BCUT2D eigenvalue weighted by Gasteiger charge is 2.23. The highest BCUT2D eigenvalue weighted by molar-refractivity contribution is 6.31. The first-order valence-electron chi connectivity index (χ1n) is 6.19. The molecule has 0 aliphatic heterocycles. The number of hydrogen-bond acceptors (Lipinski definition) is 2. The molecule has 0 aliphatic rings. The Labute approximate surface area is 127 Å². The zero-order valence-corrected chi connectivity index (χ0v) is 12.8. The number of rotatable bonds is 4. The Kier molecular flexibility index (Phi) is 4.63. The molecule has 2 nitrogen and oxygen atoms in total. The Morgan fingerprint density at radius 2 is 1.95 bits per heavy atom. The molecule has 0 bridgehead atoms. The zero-order chi connectivity index (χ0) is 14.8. The maximum Gasteiger partial charge on any atom is 0.124 e. The van der Waals surface area contributed by atoms with Crippen LogP contribution in [0.1, 0.15) is 25.0 Å². The lowest BCUT2D eigenvalue weighted by Crippen LogP contribution is -2.36. The smallest absolute Gasteiger partial charge is 0.124 e. The van der Waals surface area contributed by atoms with Gasteiger partial charge in [-0.15, -0.1) is 0 Å². The number of hydrogen-bond donors (Lipinski definition) is 1. The summed E-state index contributed by atoms with van der Waals surface area (Å²) in [5, 5.41) is 4.39. The Bertz CT molecular complexity index is 615. The summed E-state index contributed by atoms with van der Waals surface area (Å²) < 4.78 is 13.1. The minimum absolute atomic E-state index is 0.341. The minimum atomic E-state index is -0.405. The van der Waals surface area contributed by atoms with Gasteiger partial charge in [-0.3, -0.25) is 4.98 Å². The van der Waals surface area contributed by atoms with Gasteiger partial charge in [-0.2, -0.15) is 0 Å². The lowest BCUT2D eigenvalue weighted by Gasteiger charge is -2.28. The van der Waals surface area contributed by atoms with Crippen molar-refractivity contribution in [1.82, 2.24) is 10.3 Å². The van der Waals surface area contributed by atoms with Crippen molar-refractivity contribution < 1.29 is 4.39 Å². The monoisotopic (exact) mass is 312 g/mol. The molecule has 5 heteroatoms. The second-order valence-corrected chi connectivity index (χ2v) is 5.88. The van der Waals surface area contributed by atoms with Gasteiger partial charge in [0, 0.05) is 29.5 Å². The molecule has 0 unspecified atom stereocenters. The van der Waals surface area contributed by atoms with Crippen LogP contribution in [-0.4, -0.2) is 4.98 Å². The zero-order valence-electron chi connectivity index (χ0n) is 11.3. The number of nitrogens with zero attached hydrogens (tertiary/aromatic N) is 1. The number of benzene rings is 1. The van der Waals surface area contributed by atoms with Crippen LogP contribution in [0.15, 0.2) is 36.7 Å². The Morgan fingerprint density at radius 3 is 2.60 bits per heavy atom. The fourth-order valence-electron chi connectivity index (χ4n) is 1.96. The van der Waals surface area contributed by atoms with Gasteiger partial charge < -0.3 is 5.32 Å². The van der Waals surface area contributed by atoms with E-state index in [0.717, 1.165) is 11.1 Å². The molecule has 2 aromatic rings. The highest BCUT2D eigenvalue weighted by atomic mass is 35.5. The molecule has 0 saturated heterocycles. The molecule has 1 aromatic carbocycles. The van der Waals surface area contributed by atoms with Gasteiger partial charge in [0.05, 0.1) is 5.02 Å². The molecule has 0 spiro atoms. The summed E-state index contributed by atoms with van der Waals surface area (Å²) in [5.41, 5.74) is 1.39. The molecule has 0 aliphatic carbocycles. The van der Waals surface area contributed by atoms with Gasteiger partial charge in [-0.1, -0.05) is 29.3 Å². The van der Waals surface area contributed by atoms with E-state index >= 15 is 0 Å². The molecule has 2 rings (SSSR count). The second-order valence-electron chi connectivity index (χ2n) is 5.07. The lowest BCUT2D eigenvalue weighted by molar-refractivity contribution is 0.401. The van der Waals surface area contributed by atoms with E-state index in [1.807, 2.05) is 19.9 Å². The highest BCUT2D eigenvalue weighted by Crippen LogP contribution is 2.29. The molecule has 106 valence electrons. The average molecular weight is 313 g/mol.